The molecular weight excluding hydrogens is 402 g/mol. The van der Waals surface area contributed by atoms with Crippen LogP contribution < -0.4 is 10.6 Å². The Bertz CT molecular complexity index is 1030. The van der Waals surface area contributed by atoms with Crippen molar-refractivity contribution in [2.24, 2.45) is 0 Å². The number of hydrogen-bond acceptors (Lipinski definition) is 5. The molecule has 0 saturated heterocycles. The molecule has 32 heavy (non-hydrogen) atoms. The molecule has 0 radical (unpaired) electrons. The van der Waals surface area contributed by atoms with Gasteiger partial charge in [0.15, 0.2) is 0 Å². The molecule has 0 saturated carbocycles. The standard InChI is InChI=1S/C25H33N5O2/c31-25(32)22(28-16-19-17-29-24-21(19)10-7-15-27-24)11-5-3-1-2-4-9-20-13-12-18-8-6-14-26-23(18)30-20/h7,10,12-13,15,17,22,28H,1-6,8-9,11,14,16H2,(H,26,30)(H,27,29)(H,31,32). The molecule has 1 unspecified atom stereocenters. The Hall–Kier alpha value is -2.93. The number of unbranched alkanes of at least 4 members (excludes halogenated alkanes) is 4. The number of H-pyrrole nitrogens is 1. The minimum atomic E-state index is -0.782. The number of carbonyl (C=O) groups is 1. The van der Waals surface area contributed by atoms with Crippen molar-refractivity contribution in [2.45, 2.75) is 70.4 Å². The third kappa shape index (κ3) is 5.85. The zero-order valence-electron chi connectivity index (χ0n) is 18.6. The predicted octanol–water partition coefficient (Wildman–Crippen LogP) is 4.44. The van der Waals surface area contributed by atoms with Gasteiger partial charge in [-0.05, 0) is 61.4 Å². The van der Waals surface area contributed by atoms with E-state index in [0.717, 1.165) is 73.9 Å². The van der Waals surface area contributed by atoms with Gasteiger partial charge in [0.05, 0.1) is 0 Å². The van der Waals surface area contributed by atoms with E-state index in [1.807, 2.05) is 18.3 Å². The number of carboxylic acids is 1. The first-order chi connectivity index (χ1) is 15.7. The number of pyridine rings is 2. The summed E-state index contributed by atoms with van der Waals surface area (Å²) in [6.45, 7) is 1.54. The molecule has 0 fully saturated rings. The van der Waals surface area contributed by atoms with Gasteiger partial charge in [0, 0.05) is 36.6 Å². The Balaban J connectivity index is 1.13. The number of aromatic amines is 1. The molecule has 0 aliphatic carbocycles. The Kier molecular flexibility index (Phi) is 7.72. The SMILES string of the molecule is O=C(O)C(CCCCCCCc1ccc2c(n1)NCCC2)NCc1c[nH]c2ncccc12. The van der Waals surface area contributed by atoms with Gasteiger partial charge < -0.3 is 20.7 Å². The van der Waals surface area contributed by atoms with E-state index in [-0.39, 0.29) is 0 Å². The highest BCUT2D eigenvalue weighted by molar-refractivity contribution is 5.79. The number of aromatic nitrogens is 3. The highest BCUT2D eigenvalue weighted by Gasteiger charge is 2.17. The quantitative estimate of drug-likeness (QED) is 0.314. The van der Waals surface area contributed by atoms with Crippen molar-refractivity contribution in [1.82, 2.24) is 20.3 Å². The van der Waals surface area contributed by atoms with Crippen molar-refractivity contribution in [1.29, 1.82) is 0 Å². The Labute approximate surface area is 189 Å². The number of aryl methyl sites for hydroxylation is 2. The van der Waals surface area contributed by atoms with E-state index in [0.29, 0.717) is 13.0 Å². The van der Waals surface area contributed by atoms with Gasteiger partial charge in [0.2, 0.25) is 0 Å². The van der Waals surface area contributed by atoms with Crippen LogP contribution in [-0.2, 0) is 24.2 Å². The van der Waals surface area contributed by atoms with Crippen molar-refractivity contribution >= 4 is 22.8 Å². The molecule has 7 nitrogen and oxygen atoms in total. The van der Waals surface area contributed by atoms with Crippen molar-refractivity contribution in [3.63, 3.8) is 0 Å². The van der Waals surface area contributed by atoms with E-state index in [1.165, 1.54) is 17.7 Å². The van der Waals surface area contributed by atoms with Crippen molar-refractivity contribution in [2.75, 3.05) is 11.9 Å². The first kappa shape index (κ1) is 22.3. The van der Waals surface area contributed by atoms with Crippen LogP contribution >= 0.6 is 0 Å². The summed E-state index contributed by atoms with van der Waals surface area (Å²) in [6, 6.07) is 7.76. The van der Waals surface area contributed by atoms with Gasteiger partial charge in [0.1, 0.15) is 17.5 Å². The second-order valence-electron chi connectivity index (χ2n) is 8.63. The van der Waals surface area contributed by atoms with Crippen LogP contribution in [0.25, 0.3) is 11.0 Å². The summed E-state index contributed by atoms with van der Waals surface area (Å²) in [5.41, 5.74) is 4.38. The molecule has 1 atom stereocenters. The Morgan fingerprint density at radius 3 is 2.94 bits per heavy atom. The molecule has 4 rings (SSSR count). The number of nitrogens with zero attached hydrogens (tertiary/aromatic N) is 2. The average molecular weight is 436 g/mol. The van der Waals surface area contributed by atoms with E-state index in [2.05, 4.69) is 32.7 Å². The van der Waals surface area contributed by atoms with E-state index < -0.39 is 12.0 Å². The zero-order valence-corrected chi connectivity index (χ0v) is 18.6. The maximum atomic E-state index is 11.7. The van der Waals surface area contributed by atoms with Gasteiger partial charge in [-0.15, -0.1) is 0 Å². The van der Waals surface area contributed by atoms with Crippen LogP contribution in [0, 0.1) is 0 Å². The van der Waals surface area contributed by atoms with Crippen LogP contribution in [0.15, 0.2) is 36.7 Å². The molecular formula is C25H33N5O2. The Morgan fingerprint density at radius 2 is 2.03 bits per heavy atom. The second kappa shape index (κ2) is 11.1. The van der Waals surface area contributed by atoms with Gasteiger partial charge in [-0.2, -0.15) is 0 Å². The largest absolute Gasteiger partial charge is 0.480 e. The maximum absolute atomic E-state index is 11.7. The molecule has 3 aromatic rings. The minimum absolute atomic E-state index is 0.519. The van der Waals surface area contributed by atoms with Crippen LogP contribution in [-0.4, -0.2) is 38.6 Å². The van der Waals surface area contributed by atoms with Crippen molar-refractivity contribution in [3.05, 3.63) is 53.5 Å². The maximum Gasteiger partial charge on any atom is 0.320 e. The van der Waals surface area contributed by atoms with Gasteiger partial charge >= 0.3 is 5.97 Å². The molecule has 170 valence electrons. The lowest BCUT2D eigenvalue weighted by Crippen LogP contribution is -2.36. The number of hydrogen-bond donors (Lipinski definition) is 4. The van der Waals surface area contributed by atoms with E-state index >= 15 is 0 Å². The topological polar surface area (TPSA) is 103 Å². The third-order valence-electron chi connectivity index (χ3n) is 6.25. The first-order valence-electron chi connectivity index (χ1n) is 11.8. The van der Waals surface area contributed by atoms with Crippen LogP contribution in [0.1, 0.15) is 61.8 Å². The van der Waals surface area contributed by atoms with Crippen molar-refractivity contribution in [3.8, 4) is 0 Å². The second-order valence-corrected chi connectivity index (χ2v) is 8.63. The normalized spacial score (nSPS) is 14.1. The van der Waals surface area contributed by atoms with Crippen LogP contribution in [0.2, 0.25) is 0 Å². The van der Waals surface area contributed by atoms with E-state index in [1.54, 1.807) is 6.20 Å². The van der Waals surface area contributed by atoms with Crippen LogP contribution in [0.3, 0.4) is 0 Å². The fraction of sp³-hybridized carbons (Fsp3) is 0.480. The summed E-state index contributed by atoms with van der Waals surface area (Å²) in [5.74, 6) is 0.292. The fourth-order valence-corrected chi connectivity index (χ4v) is 4.40. The summed E-state index contributed by atoms with van der Waals surface area (Å²) in [4.78, 5) is 23.8. The number of rotatable bonds is 12. The first-order valence-corrected chi connectivity index (χ1v) is 11.8. The molecule has 0 amide bonds. The molecule has 1 aliphatic rings. The fourth-order valence-electron chi connectivity index (χ4n) is 4.40. The number of aliphatic carboxylic acids is 1. The molecule has 1 aliphatic heterocycles. The third-order valence-corrected chi connectivity index (χ3v) is 6.25. The summed E-state index contributed by atoms with van der Waals surface area (Å²) in [7, 11) is 0. The lowest BCUT2D eigenvalue weighted by Gasteiger charge is -2.17. The minimum Gasteiger partial charge on any atom is -0.480 e. The van der Waals surface area contributed by atoms with Gasteiger partial charge in [-0.3, -0.25) is 4.79 Å². The highest BCUT2D eigenvalue weighted by Crippen LogP contribution is 2.21. The lowest BCUT2D eigenvalue weighted by atomic mass is 10.0. The monoisotopic (exact) mass is 435 g/mol. The van der Waals surface area contributed by atoms with Crippen LogP contribution in [0.4, 0.5) is 5.82 Å². The molecule has 3 aromatic heterocycles. The summed E-state index contributed by atoms with van der Waals surface area (Å²) in [6.07, 6.45) is 13.0. The molecule has 4 N–H and O–H groups in total. The number of nitrogens with one attached hydrogen (secondary N) is 3. The smallest absolute Gasteiger partial charge is 0.320 e. The summed E-state index contributed by atoms with van der Waals surface area (Å²) < 4.78 is 0. The van der Waals surface area contributed by atoms with Gasteiger partial charge in [-0.25, -0.2) is 9.97 Å². The van der Waals surface area contributed by atoms with Gasteiger partial charge in [-0.1, -0.05) is 31.7 Å². The number of fused-ring (bicyclic) bond motifs is 2. The molecule has 0 bridgehead atoms. The average Bonchev–Trinajstić information content (AvgIpc) is 3.23. The highest BCUT2D eigenvalue weighted by atomic mass is 16.4. The molecule has 0 spiro atoms. The molecule has 0 aromatic carbocycles. The number of carboxylic acid groups (broad SMARTS) is 1. The van der Waals surface area contributed by atoms with E-state index in [4.69, 9.17) is 4.98 Å². The molecule has 4 heterocycles. The summed E-state index contributed by atoms with van der Waals surface area (Å²) >= 11 is 0. The van der Waals surface area contributed by atoms with Crippen molar-refractivity contribution < 1.29 is 9.90 Å². The lowest BCUT2D eigenvalue weighted by molar-refractivity contribution is -0.139. The van der Waals surface area contributed by atoms with E-state index in [9.17, 15) is 9.90 Å². The summed E-state index contributed by atoms with van der Waals surface area (Å²) in [5, 5.41) is 17.2. The molecule has 7 heteroatoms. The zero-order chi connectivity index (χ0) is 22.2. The Morgan fingerprint density at radius 1 is 1.16 bits per heavy atom. The van der Waals surface area contributed by atoms with Crippen LogP contribution in [0.5, 0.6) is 0 Å². The number of anilines is 1. The van der Waals surface area contributed by atoms with Gasteiger partial charge in [0.25, 0.3) is 0 Å². The predicted molar refractivity (Wildman–Crippen MR) is 127 cm³/mol.